The summed E-state index contributed by atoms with van der Waals surface area (Å²) in [6.07, 6.45) is 0. The number of hydrogen-bond donors (Lipinski definition) is 2. The number of benzene rings is 2. The van der Waals surface area contributed by atoms with Crippen LogP contribution < -0.4 is 10.2 Å². The predicted octanol–water partition coefficient (Wildman–Crippen LogP) is 3.22. The topological polar surface area (TPSA) is 55.8 Å². The van der Waals surface area contributed by atoms with Crippen molar-refractivity contribution >= 4 is 33.2 Å². The SMILES string of the molecule is Cc1cc(Br)ccc1NC(=O)CN1CCN(c2ccccc2O)CC1. The highest BCUT2D eigenvalue weighted by Gasteiger charge is 2.20. The molecule has 2 N–H and O–H groups in total. The molecule has 0 aliphatic carbocycles. The van der Waals surface area contributed by atoms with Crippen LogP contribution in [0.2, 0.25) is 0 Å². The summed E-state index contributed by atoms with van der Waals surface area (Å²) in [4.78, 5) is 16.6. The highest BCUT2D eigenvalue weighted by molar-refractivity contribution is 9.10. The lowest BCUT2D eigenvalue weighted by atomic mass is 10.2. The maximum atomic E-state index is 12.3. The highest BCUT2D eigenvalue weighted by atomic mass is 79.9. The molecule has 0 atom stereocenters. The van der Waals surface area contributed by atoms with E-state index in [1.165, 1.54) is 0 Å². The Labute approximate surface area is 156 Å². The third-order valence-electron chi connectivity index (χ3n) is 4.42. The number of piperazine rings is 1. The van der Waals surface area contributed by atoms with Crippen LogP contribution in [0.15, 0.2) is 46.9 Å². The van der Waals surface area contributed by atoms with Gasteiger partial charge in [-0.1, -0.05) is 28.1 Å². The van der Waals surface area contributed by atoms with Crippen molar-refractivity contribution in [3.63, 3.8) is 0 Å². The molecular formula is C19H22BrN3O2. The molecule has 25 heavy (non-hydrogen) atoms. The fourth-order valence-corrected chi connectivity index (χ4v) is 3.51. The predicted molar refractivity (Wildman–Crippen MR) is 104 cm³/mol. The smallest absolute Gasteiger partial charge is 0.238 e. The lowest BCUT2D eigenvalue weighted by Gasteiger charge is -2.35. The van der Waals surface area contributed by atoms with E-state index in [-0.39, 0.29) is 5.91 Å². The number of carbonyl (C=O) groups excluding carboxylic acids is 1. The molecule has 1 heterocycles. The molecule has 6 heteroatoms. The van der Waals surface area contributed by atoms with Gasteiger partial charge in [0, 0.05) is 36.3 Å². The van der Waals surface area contributed by atoms with E-state index in [0.717, 1.165) is 47.6 Å². The Balaban J connectivity index is 1.52. The third-order valence-corrected chi connectivity index (χ3v) is 4.92. The van der Waals surface area contributed by atoms with Gasteiger partial charge in [-0.25, -0.2) is 0 Å². The highest BCUT2D eigenvalue weighted by Crippen LogP contribution is 2.27. The van der Waals surface area contributed by atoms with Crippen LogP contribution in [0, 0.1) is 6.92 Å². The van der Waals surface area contributed by atoms with Crippen LogP contribution in [-0.2, 0) is 4.79 Å². The minimum absolute atomic E-state index is 0.00132. The summed E-state index contributed by atoms with van der Waals surface area (Å²) in [5.74, 6) is 0.306. The van der Waals surface area contributed by atoms with E-state index in [1.807, 2.05) is 43.3 Å². The van der Waals surface area contributed by atoms with Gasteiger partial charge in [0.15, 0.2) is 0 Å². The van der Waals surface area contributed by atoms with Crippen LogP contribution in [0.3, 0.4) is 0 Å². The van der Waals surface area contributed by atoms with E-state index in [0.29, 0.717) is 12.3 Å². The van der Waals surface area contributed by atoms with E-state index < -0.39 is 0 Å². The van der Waals surface area contributed by atoms with Gasteiger partial charge < -0.3 is 15.3 Å². The summed E-state index contributed by atoms with van der Waals surface area (Å²) < 4.78 is 1.00. The third kappa shape index (κ3) is 4.52. The monoisotopic (exact) mass is 403 g/mol. The molecule has 0 aromatic heterocycles. The number of amides is 1. The van der Waals surface area contributed by atoms with Gasteiger partial charge in [-0.15, -0.1) is 0 Å². The molecule has 1 aliphatic rings. The number of halogens is 1. The molecule has 0 unspecified atom stereocenters. The number of anilines is 2. The molecule has 2 aromatic carbocycles. The first-order valence-corrected chi connectivity index (χ1v) is 9.13. The molecule has 1 aliphatic heterocycles. The van der Waals surface area contributed by atoms with E-state index >= 15 is 0 Å². The van der Waals surface area contributed by atoms with Crippen molar-refractivity contribution in [3.05, 3.63) is 52.5 Å². The Kier molecular flexibility index (Phi) is 5.60. The summed E-state index contributed by atoms with van der Waals surface area (Å²) in [6, 6.07) is 13.2. The summed E-state index contributed by atoms with van der Waals surface area (Å²) in [7, 11) is 0. The first-order chi connectivity index (χ1) is 12.0. The largest absolute Gasteiger partial charge is 0.506 e. The van der Waals surface area contributed by atoms with Gasteiger partial charge >= 0.3 is 0 Å². The number of phenolic OH excluding ortho intramolecular Hbond substituents is 1. The zero-order valence-corrected chi connectivity index (χ0v) is 15.8. The van der Waals surface area contributed by atoms with Gasteiger partial charge in [0.2, 0.25) is 5.91 Å². The normalized spacial score (nSPS) is 15.2. The van der Waals surface area contributed by atoms with Gasteiger partial charge in [-0.05, 0) is 42.8 Å². The van der Waals surface area contributed by atoms with Crippen molar-refractivity contribution in [1.82, 2.24) is 4.90 Å². The number of hydrogen-bond acceptors (Lipinski definition) is 4. The summed E-state index contributed by atoms with van der Waals surface area (Å²) in [5, 5.41) is 12.9. The fraction of sp³-hybridized carbons (Fsp3) is 0.316. The number of phenols is 1. The molecule has 3 rings (SSSR count). The van der Waals surface area contributed by atoms with Crippen molar-refractivity contribution < 1.29 is 9.90 Å². The number of rotatable bonds is 4. The first-order valence-electron chi connectivity index (χ1n) is 8.34. The maximum absolute atomic E-state index is 12.3. The lowest BCUT2D eigenvalue weighted by molar-refractivity contribution is -0.117. The van der Waals surface area contributed by atoms with Crippen LogP contribution in [0.5, 0.6) is 5.75 Å². The number of aromatic hydroxyl groups is 1. The Hall–Kier alpha value is -2.05. The average molecular weight is 404 g/mol. The molecule has 1 fully saturated rings. The number of para-hydroxylation sites is 2. The summed E-state index contributed by atoms with van der Waals surface area (Å²) in [6.45, 7) is 5.53. The molecule has 5 nitrogen and oxygen atoms in total. The Morgan fingerprint density at radius 2 is 1.88 bits per heavy atom. The molecule has 1 saturated heterocycles. The van der Waals surface area contributed by atoms with Crippen molar-refractivity contribution in [2.45, 2.75) is 6.92 Å². The second kappa shape index (κ2) is 7.89. The minimum Gasteiger partial charge on any atom is -0.506 e. The number of nitrogens with one attached hydrogen (secondary N) is 1. The van der Waals surface area contributed by atoms with E-state index in [2.05, 4.69) is 31.0 Å². The first kappa shape index (κ1) is 17.8. The fourth-order valence-electron chi connectivity index (χ4n) is 3.04. The van der Waals surface area contributed by atoms with Crippen LogP contribution in [0.25, 0.3) is 0 Å². The van der Waals surface area contributed by atoms with E-state index in [1.54, 1.807) is 6.07 Å². The molecule has 1 amide bonds. The molecule has 2 aromatic rings. The number of carbonyl (C=O) groups is 1. The van der Waals surface area contributed by atoms with E-state index in [9.17, 15) is 9.90 Å². The van der Waals surface area contributed by atoms with Crippen LogP contribution in [0.4, 0.5) is 11.4 Å². The Morgan fingerprint density at radius 3 is 2.56 bits per heavy atom. The van der Waals surface area contributed by atoms with Crippen molar-refractivity contribution in [3.8, 4) is 5.75 Å². The van der Waals surface area contributed by atoms with Gasteiger partial charge in [-0.2, -0.15) is 0 Å². The maximum Gasteiger partial charge on any atom is 0.238 e. The Bertz CT molecular complexity index is 758. The molecular weight excluding hydrogens is 382 g/mol. The molecule has 0 bridgehead atoms. The summed E-state index contributed by atoms with van der Waals surface area (Å²) >= 11 is 3.43. The molecule has 0 radical (unpaired) electrons. The molecule has 0 spiro atoms. The van der Waals surface area contributed by atoms with Crippen LogP contribution in [0.1, 0.15) is 5.56 Å². The van der Waals surface area contributed by atoms with Gasteiger partial charge in [0.25, 0.3) is 0 Å². The van der Waals surface area contributed by atoms with Gasteiger partial charge in [0.05, 0.1) is 12.2 Å². The molecule has 132 valence electrons. The number of aryl methyl sites for hydroxylation is 1. The number of nitrogens with zero attached hydrogens (tertiary/aromatic N) is 2. The molecule has 0 saturated carbocycles. The standard InChI is InChI=1S/C19H22BrN3O2/c1-14-12-15(20)6-7-16(14)21-19(25)13-22-8-10-23(11-9-22)17-4-2-3-5-18(17)24/h2-7,12,24H,8-11,13H2,1H3,(H,21,25). The van der Waals surface area contributed by atoms with Crippen molar-refractivity contribution in [2.75, 3.05) is 42.9 Å². The van der Waals surface area contributed by atoms with Crippen molar-refractivity contribution in [2.24, 2.45) is 0 Å². The van der Waals surface area contributed by atoms with Gasteiger partial charge in [-0.3, -0.25) is 9.69 Å². The summed E-state index contributed by atoms with van der Waals surface area (Å²) in [5.41, 5.74) is 2.74. The van der Waals surface area contributed by atoms with Gasteiger partial charge in [0.1, 0.15) is 5.75 Å². The van der Waals surface area contributed by atoms with E-state index in [4.69, 9.17) is 0 Å². The lowest BCUT2D eigenvalue weighted by Crippen LogP contribution is -2.48. The zero-order valence-electron chi connectivity index (χ0n) is 14.2. The van der Waals surface area contributed by atoms with Crippen LogP contribution >= 0.6 is 15.9 Å². The quantitative estimate of drug-likeness (QED) is 0.822. The van der Waals surface area contributed by atoms with Crippen LogP contribution in [-0.4, -0.2) is 48.6 Å². The minimum atomic E-state index is 0.00132. The average Bonchev–Trinajstić information content (AvgIpc) is 2.59. The second-order valence-corrected chi connectivity index (χ2v) is 7.18. The van der Waals surface area contributed by atoms with Crippen molar-refractivity contribution in [1.29, 1.82) is 0 Å². The zero-order chi connectivity index (χ0) is 17.8. The Morgan fingerprint density at radius 1 is 1.16 bits per heavy atom. The second-order valence-electron chi connectivity index (χ2n) is 6.26.